The van der Waals surface area contributed by atoms with Crippen molar-refractivity contribution in [2.24, 2.45) is 0 Å². The molecule has 0 saturated carbocycles. The van der Waals surface area contributed by atoms with E-state index in [9.17, 15) is 0 Å². The fraction of sp³-hybridized carbons (Fsp3) is 0.357. The molecule has 3 N–H and O–H groups in total. The Morgan fingerprint density at radius 1 is 1.30 bits per heavy atom. The normalized spacial score (nSPS) is 13.2. The van der Waals surface area contributed by atoms with Crippen molar-refractivity contribution in [2.75, 3.05) is 24.3 Å². The summed E-state index contributed by atoms with van der Waals surface area (Å²) >= 11 is 1.72. The van der Waals surface area contributed by atoms with Gasteiger partial charge in [-0.05, 0) is 6.42 Å². The monoisotopic (exact) mass is 291 g/mol. The van der Waals surface area contributed by atoms with Crippen molar-refractivity contribution in [1.82, 2.24) is 4.98 Å². The average molecular weight is 291 g/mol. The number of nitrogens with two attached hydrogens (primary N) is 1. The maximum atomic E-state index is 6.03. The molecule has 0 radical (unpaired) electrons. The Labute approximate surface area is 121 Å². The van der Waals surface area contributed by atoms with Crippen molar-refractivity contribution in [3.8, 4) is 11.5 Å². The summed E-state index contributed by atoms with van der Waals surface area (Å²) in [6.07, 6.45) is 2.94. The molecule has 0 unspecified atom stereocenters. The minimum absolute atomic E-state index is 0.568. The van der Waals surface area contributed by atoms with Crippen LogP contribution in [0.3, 0.4) is 0 Å². The van der Waals surface area contributed by atoms with Crippen LogP contribution in [0.5, 0.6) is 11.5 Å². The predicted molar refractivity (Wildman–Crippen MR) is 80.7 cm³/mol. The number of fused-ring (bicyclic) bond motifs is 1. The topological polar surface area (TPSA) is 69.4 Å². The van der Waals surface area contributed by atoms with Gasteiger partial charge in [-0.3, -0.25) is 0 Å². The first kappa shape index (κ1) is 13.1. The van der Waals surface area contributed by atoms with Crippen molar-refractivity contribution < 1.29 is 9.47 Å². The van der Waals surface area contributed by atoms with E-state index < -0.39 is 0 Å². The number of hydrogen-bond acceptors (Lipinski definition) is 6. The van der Waals surface area contributed by atoms with E-state index in [0.717, 1.165) is 22.9 Å². The Hall–Kier alpha value is -1.95. The van der Waals surface area contributed by atoms with Crippen LogP contribution in [-0.2, 0) is 13.0 Å². The summed E-state index contributed by atoms with van der Waals surface area (Å²) in [5.41, 5.74) is 7.53. The number of thiazole rings is 1. The highest BCUT2D eigenvalue weighted by Crippen LogP contribution is 2.37. The minimum Gasteiger partial charge on any atom is -0.486 e. The van der Waals surface area contributed by atoms with Gasteiger partial charge in [0.1, 0.15) is 18.2 Å². The van der Waals surface area contributed by atoms with Gasteiger partial charge in [-0.2, -0.15) is 0 Å². The lowest BCUT2D eigenvalue weighted by atomic mass is 10.2. The van der Waals surface area contributed by atoms with Crippen LogP contribution in [0.15, 0.2) is 18.3 Å². The summed E-state index contributed by atoms with van der Waals surface area (Å²) in [6, 6.07) is 3.69. The largest absolute Gasteiger partial charge is 0.486 e. The fourth-order valence-corrected chi connectivity index (χ4v) is 2.82. The zero-order chi connectivity index (χ0) is 13.9. The fourth-order valence-electron chi connectivity index (χ4n) is 2.02. The Morgan fingerprint density at radius 2 is 2.05 bits per heavy atom. The van der Waals surface area contributed by atoms with Crippen LogP contribution in [0, 0.1) is 0 Å². The smallest absolute Gasteiger partial charge is 0.163 e. The van der Waals surface area contributed by atoms with Crippen molar-refractivity contribution in [1.29, 1.82) is 0 Å². The first-order valence-corrected chi connectivity index (χ1v) is 7.44. The summed E-state index contributed by atoms with van der Waals surface area (Å²) in [5.74, 6) is 1.45. The molecule has 0 bridgehead atoms. The Balaban J connectivity index is 1.73. The molecule has 1 aromatic carbocycles. The Morgan fingerprint density at radius 3 is 2.75 bits per heavy atom. The third kappa shape index (κ3) is 2.65. The molecule has 0 fully saturated rings. The molecule has 106 valence electrons. The van der Waals surface area contributed by atoms with Crippen LogP contribution < -0.4 is 20.5 Å². The molecule has 3 rings (SSSR count). The molecule has 2 aromatic rings. The lowest BCUT2D eigenvalue weighted by Crippen LogP contribution is -2.16. The molecule has 0 amide bonds. The highest BCUT2D eigenvalue weighted by Gasteiger charge is 2.14. The van der Waals surface area contributed by atoms with Gasteiger partial charge in [-0.25, -0.2) is 4.98 Å². The van der Waals surface area contributed by atoms with Gasteiger partial charge in [0.25, 0.3) is 0 Å². The molecule has 1 aromatic heterocycles. The number of anilines is 2. The van der Waals surface area contributed by atoms with Crippen LogP contribution in [0.2, 0.25) is 0 Å². The standard InChI is InChI=1S/C14H17N3O2S/c1-2-9-7-17-14(20-9)8-16-11-6-13-12(5-10(11)15)18-3-4-19-13/h5-7,16H,2-4,8,15H2,1H3. The van der Waals surface area contributed by atoms with Crippen LogP contribution in [0.25, 0.3) is 0 Å². The number of hydrogen-bond donors (Lipinski definition) is 2. The third-order valence-corrected chi connectivity index (χ3v) is 4.24. The molecule has 5 nitrogen and oxygen atoms in total. The number of rotatable bonds is 4. The number of aryl methyl sites for hydroxylation is 1. The molecular formula is C14H17N3O2S. The molecule has 1 aliphatic rings. The van der Waals surface area contributed by atoms with E-state index in [4.69, 9.17) is 15.2 Å². The summed E-state index contributed by atoms with van der Waals surface area (Å²) in [6.45, 7) is 3.93. The molecule has 0 saturated heterocycles. The molecule has 2 heterocycles. The van der Waals surface area contributed by atoms with Gasteiger partial charge in [0.05, 0.1) is 17.9 Å². The average Bonchev–Trinajstić information content (AvgIpc) is 2.93. The highest BCUT2D eigenvalue weighted by atomic mass is 32.1. The molecule has 0 aliphatic carbocycles. The quantitative estimate of drug-likeness (QED) is 0.848. The molecule has 6 heteroatoms. The van der Waals surface area contributed by atoms with Gasteiger partial charge in [0.2, 0.25) is 0 Å². The summed E-state index contributed by atoms with van der Waals surface area (Å²) < 4.78 is 11.1. The number of nitrogen functional groups attached to an aromatic ring is 1. The zero-order valence-electron chi connectivity index (χ0n) is 11.3. The van der Waals surface area contributed by atoms with Gasteiger partial charge in [-0.15, -0.1) is 11.3 Å². The number of benzene rings is 1. The van der Waals surface area contributed by atoms with Crippen LogP contribution in [0.1, 0.15) is 16.8 Å². The van der Waals surface area contributed by atoms with E-state index in [1.54, 1.807) is 17.4 Å². The Kier molecular flexibility index (Phi) is 3.64. The molecular weight excluding hydrogens is 274 g/mol. The van der Waals surface area contributed by atoms with E-state index in [1.807, 2.05) is 12.3 Å². The molecule has 1 aliphatic heterocycles. The van der Waals surface area contributed by atoms with E-state index >= 15 is 0 Å². The van der Waals surface area contributed by atoms with Crippen molar-refractivity contribution >= 4 is 22.7 Å². The third-order valence-electron chi connectivity index (χ3n) is 3.09. The lowest BCUT2D eigenvalue weighted by molar-refractivity contribution is 0.172. The van der Waals surface area contributed by atoms with Gasteiger partial charge in [-0.1, -0.05) is 6.92 Å². The lowest BCUT2D eigenvalue weighted by Gasteiger charge is -2.20. The first-order chi connectivity index (χ1) is 9.76. The predicted octanol–water partition coefficient (Wildman–Crippen LogP) is 2.67. The van der Waals surface area contributed by atoms with Crippen LogP contribution >= 0.6 is 11.3 Å². The number of aromatic nitrogens is 1. The van der Waals surface area contributed by atoms with E-state index in [2.05, 4.69) is 17.2 Å². The van der Waals surface area contributed by atoms with E-state index in [0.29, 0.717) is 31.2 Å². The number of nitrogens with one attached hydrogen (secondary N) is 1. The summed E-state index contributed by atoms with van der Waals surface area (Å²) in [7, 11) is 0. The van der Waals surface area contributed by atoms with Gasteiger partial charge >= 0.3 is 0 Å². The highest BCUT2D eigenvalue weighted by molar-refractivity contribution is 7.11. The van der Waals surface area contributed by atoms with Crippen LogP contribution in [-0.4, -0.2) is 18.2 Å². The van der Waals surface area contributed by atoms with Gasteiger partial charge in [0.15, 0.2) is 11.5 Å². The van der Waals surface area contributed by atoms with Crippen LogP contribution in [0.4, 0.5) is 11.4 Å². The maximum absolute atomic E-state index is 6.03. The number of ether oxygens (including phenoxy) is 2. The maximum Gasteiger partial charge on any atom is 0.163 e. The second kappa shape index (κ2) is 5.58. The minimum atomic E-state index is 0.568. The van der Waals surface area contributed by atoms with E-state index in [1.165, 1.54) is 4.88 Å². The number of nitrogens with zero attached hydrogens (tertiary/aromatic N) is 1. The zero-order valence-corrected chi connectivity index (χ0v) is 12.1. The molecule has 20 heavy (non-hydrogen) atoms. The van der Waals surface area contributed by atoms with Crippen molar-refractivity contribution in [3.05, 3.63) is 28.2 Å². The summed E-state index contributed by atoms with van der Waals surface area (Å²) in [5, 5.41) is 4.36. The SMILES string of the molecule is CCc1cnc(CNc2cc3c(cc2N)OCCO3)s1. The second-order valence-corrected chi connectivity index (χ2v) is 5.71. The van der Waals surface area contributed by atoms with E-state index in [-0.39, 0.29) is 0 Å². The Bertz CT molecular complexity index is 612. The first-order valence-electron chi connectivity index (χ1n) is 6.63. The molecule has 0 atom stereocenters. The summed E-state index contributed by atoms with van der Waals surface area (Å²) in [4.78, 5) is 5.67. The van der Waals surface area contributed by atoms with Gasteiger partial charge in [0, 0.05) is 23.2 Å². The molecule has 0 spiro atoms. The van der Waals surface area contributed by atoms with Crippen molar-refractivity contribution in [3.63, 3.8) is 0 Å². The van der Waals surface area contributed by atoms with Gasteiger partial charge < -0.3 is 20.5 Å². The second-order valence-electron chi connectivity index (χ2n) is 4.51. The van der Waals surface area contributed by atoms with Crippen molar-refractivity contribution in [2.45, 2.75) is 19.9 Å².